The summed E-state index contributed by atoms with van der Waals surface area (Å²) in [6.45, 7) is 1.74. The van der Waals surface area contributed by atoms with E-state index in [0.717, 1.165) is 31.2 Å². The molecule has 26 heavy (non-hydrogen) atoms. The summed E-state index contributed by atoms with van der Waals surface area (Å²) >= 11 is 0. The van der Waals surface area contributed by atoms with E-state index in [1.165, 1.54) is 11.8 Å². The second kappa shape index (κ2) is 9.36. The number of nitrogens with one attached hydrogen (secondary N) is 1. The van der Waals surface area contributed by atoms with Crippen LogP contribution in [0.2, 0.25) is 0 Å². The minimum absolute atomic E-state index is 0.114. The number of carbonyl (C=O) groups excluding carboxylic acids is 2. The number of amides is 2. The van der Waals surface area contributed by atoms with Crippen LogP contribution in [0.5, 0.6) is 0 Å². The molecule has 0 atom stereocenters. The van der Waals surface area contributed by atoms with Crippen molar-refractivity contribution in [2.75, 3.05) is 13.1 Å². The molecule has 2 N–H and O–H groups in total. The first kappa shape index (κ1) is 19.9. The Morgan fingerprint density at radius 1 is 1.08 bits per heavy atom. The molecule has 0 heterocycles. The first-order valence-electron chi connectivity index (χ1n) is 9.27. The van der Waals surface area contributed by atoms with Crippen molar-refractivity contribution >= 4 is 17.8 Å². The van der Waals surface area contributed by atoms with Gasteiger partial charge in [-0.15, -0.1) is 0 Å². The molecule has 2 rings (SSSR count). The number of benzene rings is 1. The molecule has 0 spiro atoms. The summed E-state index contributed by atoms with van der Waals surface area (Å²) in [5.74, 6) is -1.58. The van der Waals surface area contributed by atoms with Crippen molar-refractivity contribution in [3.8, 4) is 0 Å². The molecule has 0 saturated heterocycles. The van der Waals surface area contributed by atoms with E-state index < -0.39 is 17.4 Å². The smallest absolute Gasteiger partial charge is 0.329 e. The fourth-order valence-corrected chi connectivity index (χ4v) is 3.46. The maximum atomic E-state index is 12.5. The Kier molecular flexibility index (Phi) is 7.18. The van der Waals surface area contributed by atoms with Crippen LogP contribution in [0.3, 0.4) is 0 Å². The molecular formula is C20H28N2O4. The Hall–Kier alpha value is -2.37. The van der Waals surface area contributed by atoms with Crippen LogP contribution in [0.1, 0.15) is 51.0 Å². The highest BCUT2D eigenvalue weighted by Gasteiger charge is 2.40. The van der Waals surface area contributed by atoms with E-state index in [2.05, 4.69) is 5.32 Å². The standard InChI is InChI=1S/C20H28N2O4/c1-16(23)22(14-11-17-9-5-4-6-10-17)15-18(24)21-20(19(25)26)12-7-2-3-8-13-20/h4-6,9-10H,2-3,7-8,11-15H2,1H3,(H,21,24)(H,25,26). The molecule has 1 aromatic carbocycles. The third kappa shape index (κ3) is 5.58. The van der Waals surface area contributed by atoms with Crippen LogP contribution in [-0.2, 0) is 20.8 Å². The lowest BCUT2D eigenvalue weighted by molar-refractivity contribution is -0.148. The van der Waals surface area contributed by atoms with E-state index >= 15 is 0 Å². The Balaban J connectivity index is 1.97. The largest absolute Gasteiger partial charge is 0.480 e. The predicted octanol–water partition coefficient (Wildman–Crippen LogP) is 2.37. The monoisotopic (exact) mass is 360 g/mol. The molecule has 0 aromatic heterocycles. The van der Waals surface area contributed by atoms with Gasteiger partial charge in [-0.1, -0.05) is 56.0 Å². The van der Waals surface area contributed by atoms with Gasteiger partial charge in [0.1, 0.15) is 5.54 Å². The highest BCUT2D eigenvalue weighted by atomic mass is 16.4. The number of carboxylic acid groups (broad SMARTS) is 1. The van der Waals surface area contributed by atoms with Gasteiger partial charge >= 0.3 is 5.97 Å². The fraction of sp³-hybridized carbons (Fsp3) is 0.550. The van der Waals surface area contributed by atoms with Gasteiger partial charge in [-0.05, 0) is 24.8 Å². The van der Waals surface area contributed by atoms with E-state index in [9.17, 15) is 19.5 Å². The summed E-state index contributed by atoms with van der Waals surface area (Å²) in [5.41, 5.74) is -0.111. The Morgan fingerprint density at radius 2 is 1.69 bits per heavy atom. The van der Waals surface area contributed by atoms with Crippen molar-refractivity contribution in [1.82, 2.24) is 10.2 Å². The third-order valence-corrected chi connectivity index (χ3v) is 5.04. The Morgan fingerprint density at radius 3 is 2.23 bits per heavy atom. The van der Waals surface area contributed by atoms with E-state index in [-0.39, 0.29) is 12.5 Å². The molecule has 0 unspecified atom stereocenters. The molecule has 6 nitrogen and oxygen atoms in total. The molecule has 1 saturated carbocycles. The van der Waals surface area contributed by atoms with E-state index in [1.54, 1.807) is 0 Å². The van der Waals surface area contributed by atoms with Crippen LogP contribution >= 0.6 is 0 Å². The van der Waals surface area contributed by atoms with Crippen molar-refractivity contribution in [3.63, 3.8) is 0 Å². The highest BCUT2D eigenvalue weighted by molar-refractivity contribution is 5.89. The molecule has 2 amide bonds. The van der Waals surface area contributed by atoms with E-state index in [0.29, 0.717) is 25.8 Å². The fourth-order valence-electron chi connectivity index (χ4n) is 3.46. The quantitative estimate of drug-likeness (QED) is 0.731. The maximum absolute atomic E-state index is 12.5. The molecule has 0 radical (unpaired) electrons. The van der Waals surface area contributed by atoms with Crippen LogP contribution in [0.15, 0.2) is 30.3 Å². The molecule has 142 valence electrons. The van der Waals surface area contributed by atoms with Crippen LogP contribution in [0.25, 0.3) is 0 Å². The summed E-state index contributed by atoms with van der Waals surface area (Å²) in [4.78, 5) is 37.6. The van der Waals surface area contributed by atoms with Crippen molar-refractivity contribution in [2.24, 2.45) is 0 Å². The van der Waals surface area contributed by atoms with E-state index in [4.69, 9.17) is 0 Å². The molecule has 6 heteroatoms. The number of carbonyl (C=O) groups is 3. The van der Waals surface area contributed by atoms with Crippen LogP contribution in [0, 0.1) is 0 Å². The molecule has 1 aromatic rings. The number of aliphatic carboxylic acids is 1. The molecule has 1 aliphatic rings. The predicted molar refractivity (Wildman–Crippen MR) is 98.6 cm³/mol. The first-order chi connectivity index (χ1) is 12.4. The second-order valence-corrected chi connectivity index (χ2v) is 7.03. The Labute approximate surface area is 154 Å². The summed E-state index contributed by atoms with van der Waals surface area (Å²) < 4.78 is 0. The molecule has 0 bridgehead atoms. The van der Waals surface area contributed by atoms with Crippen LogP contribution in [0.4, 0.5) is 0 Å². The van der Waals surface area contributed by atoms with Crippen molar-refractivity contribution in [3.05, 3.63) is 35.9 Å². The lowest BCUT2D eigenvalue weighted by atomic mass is 9.90. The minimum atomic E-state index is -1.20. The zero-order valence-electron chi connectivity index (χ0n) is 15.4. The lowest BCUT2D eigenvalue weighted by Crippen LogP contribution is -2.56. The zero-order chi connectivity index (χ0) is 19.0. The highest BCUT2D eigenvalue weighted by Crippen LogP contribution is 2.27. The first-order valence-corrected chi connectivity index (χ1v) is 9.27. The van der Waals surface area contributed by atoms with Gasteiger partial charge in [-0.25, -0.2) is 4.79 Å². The van der Waals surface area contributed by atoms with Crippen molar-refractivity contribution in [1.29, 1.82) is 0 Å². The molecule has 0 aliphatic heterocycles. The molecular weight excluding hydrogens is 332 g/mol. The molecule has 1 fully saturated rings. The van der Waals surface area contributed by atoms with Gasteiger partial charge < -0.3 is 15.3 Å². The maximum Gasteiger partial charge on any atom is 0.329 e. The van der Waals surface area contributed by atoms with E-state index in [1.807, 2.05) is 30.3 Å². The van der Waals surface area contributed by atoms with Gasteiger partial charge in [0.25, 0.3) is 0 Å². The lowest BCUT2D eigenvalue weighted by Gasteiger charge is -2.30. The summed E-state index contributed by atoms with van der Waals surface area (Å²) in [6, 6.07) is 9.75. The zero-order valence-corrected chi connectivity index (χ0v) is 15.4. The number of carboxylic acids is 1. The SMILES string of the molecule is CC(=O)N(CCc1ccccc1)CC(=O)NC1(C(=O)O)CCCCCC1. The van der Waals surface area contributed by atoms with Gasteiger partial charge in [0, 0.05) is 13.5 Å². The van der Waals surface area contributed by atoms with Crippen molar-refractivity contribution < 1.29 is 19.5 Å². The summed E-state index contributed by atoms with van der Waals surface area (Å²) in [5, 5.41) is 12.4. The second-order valence-electron chi connectivity index (χ2n) is 7.03. The van der Waals surface area contributed by atoms with Crippen molar-refractivity contribution in [2.45, 2.75) is 57.4 Å². The number of nitrogens with zero attached hydrogens (tertiary/aromatic N) is 1. The summed E-state index contributed by atoms with van der Waals surface area (Å²) in [6.07, 6.45) is 5.09. The Bertz CT molecular complexity index is 622. The van der Waals surface area contributed by atoms with Gasteiger partial charge in [0.05, 0.1) is 6.54 Å². The number of hydrogen-bond donors (Lipinski definition) is 2. The summed E-state index contributed by atoms with van der Waals surface area (Å²) in [7, 11) is 0. The van der Waals surface area contributed by atoms with Gasteiger partial charge in [-0.2, -0.15) is 0 Å². The van der Waals surface area contributed by atoms with Gasteiger partial charge in [-0.3, -0.25) is 9.59 Å². The van der Waals surface area contributed by atoms with Gasteiger partial charge in [0.2, 0.25) is 11.8 Å². The van der Waals surface area contributed by atoms with Crippen LogP contribution in [-0.4, -0.2) is 46.4 Å². The average Bonchev–Trinajstić information content (AvgIpc) is 2.85. The average molecular weight is 360 g/mol. The number of rotatable bonds is 7. The van der Waals surface area contributed by atoms with Crippen LogP contribution < -0.4 is 5.32 Å². The molecule has 1 aliphatic carbocycles. The normalized spacial score (nSPS) is 16.3. The topological polar surface area (TPSA) is 86.7 Å². The minimum Gasteiger partial charge on any atom is -0.480 e. The third-order valence-electron chi connectivity index (χ3n) is 5.04. The number of hydrogen-bond acceptors (Lipinski definition) is 3. The van der Waals surface area contributed by atoms with Gasteiger partial charge in [0.15, 0.2) is 0 Å².